The molecule has 104 valence electrons. The van der Waals surface area contributed by atoms with E-state index in [0.717, 1.165) is 0 Å². The molecule has 20 heavy (non-hydrogen) atoms. The molecule has 2 rings (SSSR count). The van der Waals surface area contributed by atoms with Crippen molar-refractivity contribution in [3.8, 4) is 11.8 Å². The Morgan fingerprint density at radius 3 is 2.45 bits per heavy atom. The van der Waals surface area contributed by atoms with Crippen molar-refractivity contribution in [2.24, 2.45) is 5.14 Å². The summed E-state index contributed by atoms with van der Waals surface area (Å²) in [4.78, 5) is 0.0467. The SMILES string of the molecule is CCC(C#N)Oc1ccc(S(N)(=O)=O)c2ccccc12. The summed E-state index contributed by atoms with van der Waals surface area (Å²) >= 11 is 0. The highest BCUT2D eigenvalue weighted by atomic mass is 32.2. The van der Waals surface area contributed by atoms with E-state index in [4.69, 9.17) is 15.1 Å². The summed E-state index contributed by atoms with van der Waals surface area (Å²) in [5, 5.41) is 15.3. The summed E-state index contributed by atoms with van der Waals surface area (Å²) in [5.74, 6) is 0.474. The van der Waals surface area contributed by atoms with Crippen molar-refractivity contribution in [3.05, 3.63) is 36.4 Å². The maximum absolute atomic E-state index is 11.6. The Morgan fingerprint density at radius 1 is 1.25 bits per heavy atom. The van der Waals surface area contributed by atoms with Gasteiger partial charge in [0.05, 0.1) is 4.90 Å². The molecule has 0 spiro atoms. The number of ether oxygens (including phenoxy) is 1. The van der Waals surface area contributed by atoms with Gasteiger partial charge in [0.1, 0.15) is 11.8 Å². The maximum Gasteiger partial charge on any atom is 0.238 e. The Morgan fingerprint density at radius 2 is 1.90 bits per heavy atom. The van der Waals surface area contributed by atoms with Crippen LogP contribution < -0.4 is 9.88 Å². The average Bonchev–Trinajstić information content (AvgIpc) is 2.43. The van der Waals surface area contributed by atoms with E-state index < -0.39 is 16.1 Å². The van der Waals surface area contributed by atoms with Gasteiger partial charge in [-0.1, -0.05) is 31.2 Å². The van der Waals surface area contributed by atoms with Crippen LogP contribution in [0.5, 0.6) is 5.75 Å². The third-order valence-electron chi connectivity index (χ3n) is 2.93. The van der Waals surface area contributed by atoms with Crippen LogP contribution in [-0.4, -0.2) is 14.5 Å². The number of hydrogen-bond donors (Lipinski definition) is 1. The molecular formula is C14H14N2O3S. The largest absolute Gasteiger partial charge is 0.475 e. The minimum atomic E-state index is -3.81. The van der Waals surface area contributed by atoms with Crippen molar-refractivity contribution in [1.29, 1.82) is 5.26 Å². The van der Waals surface area contributed by atoms with E-state index in [-0.39, 0.29) is 4.90 Å². The van der Waals surface area contributed by atoms with Crippen molar-refractivity contribution in [2.75, 3.05) is 0 Å². The Labute approximate surface area is 117 Å². The van der Waals surface area contributed by atoms with Gasteiger partial charge in [0.15, 0.2) is 6.10 Å². The summed E-state index contributed by atoms with van der Waals surface area (Å²) in [6, 6.07) is 11.9. The molecule has 1 atom stereocenters. The van der Waals surface area contributed by atoms with Gasteiger partial charge in [-0.25, -0.2) is 13.6 Å². The molecule has 0 aliphatic rings. The first-order valence-electron chi connectivity index (χ1n) is 6.08. The minimum absolute atomic E-state index is 0.0467. The molecule has 0 radical (unpaired) electrons. The van der Waals surface area contributed by atoms with Gasteiger partial charge in [0, 0.05) is 10.8 Å². The molecule has 1 unspecified atom stereocenters. The van der Waals surface area contributed by atoms with E-state index in [0.29, 0.717) is 22.9 Å². The maximum atomic E-state index is 11.6. The predicted octanol–water partition coefficient (Wildman–Crippen LogP) is 2.17. The van der Waals surface area contributed by atoms with Gasteiger partial charge in [0.2, 0.25) is 10.0 Å². The lowest BCUT2D eigenvalue weighted by Gasteiger charge is -2.14. The van der Waals surface area contributed by atoms with Gasteiger partial charge in [-0.3, -0.25) is 0 Å². The number of nitrogens with zero attached hydrogens (tertiary/aromatic N) is 1. The van der Waals surface area contributed by atoms with Gasteiger partial charge in [0.25, 0.3) is 0 Å². The van der Waals surface area contributed by atoms with Crippen LogP contribution in [0.2, 0.25) is 0 Å². The minimum Gasteiger partial charge on any atom is -0.475 e. The van der Waals surface area contributed by atoms with E-state index in [2.05, 4.69) is 0 Å². The second kappa shape index (κ2) is 5.49. The molecule has 0 fully saturated rings. The Kier molecular flexibility index (Phi) is 3.93. The summed E-state index contributed by atoms with van der Waals surface area (Å²) in [6.07, 6.45) is -0.0272. The molecule has 0 bridgehead atoms. The lowest BCUT2D eigenvalue weighted by molar-refractivity contribution is 0.255. The molecule has 2 aromatic carbocycles. The highest BCUT2D eigenvalue weighted by Crippen LogP contribution is 2.31. The molecule has 0 saturated heterocycles. The number of rotatable bonds is 4. The summed E-state index contributed by atoms with van der Waals surface area (Å²) < 4.78 is 28.8. The lowest BCUT2D eigenvalue weighted by atomic mass is 10.1. The van der Waals surface area contributed by atoms with Crippen LogP contribution in [0.15, 0.2) is 41.3 Å². The van der Waals surface area contributed by atoms with Gasteiger partial charge >= 0.3 is 0 Å². The van der Waals surface area contributed by atoms with E-state index in [9.17, 15) is 8.42 Å². The van der Waals surface area contributed by atoms with Crippen LogP contribution in [0.25, 0.3) is 10.8 Å². The third kappa shape index (κ3) is 2.74. The number of fused-ring (bicyclic) bond motifs is 1. The Balaban J connectivity index is 2.64. The molecular weight excluding hydrogens is 276 g/mol. The monoisotopic (exact) mass is 290 g/mol. The van der Waals surface area contributed by atoms with Gasteiger partial charge in [-0.2, -0.15) is 5.26 Å². The number of hydrogen-bond acceptors (Lipinski definition) is 4. The fourth-order valence-corrected chi connectivity index (χ4v) is 2.69. The van der Waals surface area contributed by atoms with Crippen molar-refractivity contribution in [3.63, 3.8) is 0 Å². The molecule has 2 N–H and O–H groups in total. The van der Waals surface area contributed by atoms with Crippen LogP contribution in [0.4, 0.5) is 0 Å². The van der Waals surface area contributed by atoms with Gasteiger partial charge < -0.3 is 4.74 Å². The van der Waals surface area contributed by atoms with Crippen LogP contribution in [0, 0.1) is 11.3 Å². The zero-order valence-corrected chi connectivity index (χ0v) is 11.7. The van der Waals surface area contributed by atoms with Gasteiger partial charge in [-0.05, 0) is 18.6 Å². The second-order valence-electron chi connectivity index (χ2n) is 4.30. The first-order chi connectivity index (χ1) is 9.47. The van der Waals surface area contributed by atoms with Crippen molar-refractivity contribution in [2.45, 2.75) is 24.3 Å². The first-order valence-corrected chi connectivity index (χ1v) is 7.62. The molecule has 6 heteroatoms. The molecule has 0 saturated carbocycles. The molecule has 5 nitrogen and oxygen atoms in total. The predicted molar refractivity (Wildman–Crippen MR) is 75.6 cm³/mol. The summed E-state index contributed by atoms with van der Waals surface area (Å²) in [6.45, 7) is 1.84. The highest BCUT2D eigenvalue weighted by Gasteiger charge is 2.16. The smallest absolute Gasteiger partial charge is 0.238 e. The standard InChI is InChI=1S/C14H14N2O3S/c1-2-10(9-15)19-13-7-8-14(20(16,17)18)12-6-4-3-5-11(12)13/h3-8,10H,2H2,1H3,(H2,16,17,18). The van der Waals surface area contributed by atoms with Crippen LogP contribution >= 0.6 is 0 Å². The van der Waals surface area contributed by atoms with Gasteiger partial charge in [-0.15, -0.1) is 0 Å². The topological polar surface area (TPSA) is 93.2 Å². The van der Waals surface area contributed by atoms with E-state index in [1.54, 1.807) is 24.3 Å². The molecule has 0 aliphatic carbocycles. The molecule has 0 aromatic heterocycles. The zero-order valence-electron chi connectivity index (χ0n) is 10.9. The van der Waals surface area contributed by atoms with E-state index >= 15 is 0 Å². The van der Waals surface area contributed by atoms with E-state index in [1.165, 1.54) is 12.1 Å². The second-order valence-corrected chi connectivity index (χ2v) is 5.83. The van der Waals surface area contributed by atoms with Crippen LogP contribution in [0.3, 0.4) is 0 Å². The highest BCUT2D eigenvalue weighted by molar-refractivity contribution is 7.89. The molecule has 0 heterocycles. The fraction of sp³-hybridized carbons (Fsp3) is 0.214. The van der Waals surface area contributed by atoms with E-state index in [1.807, 2.05) is 13.0 Å². The third-order valence-corrected chi connectivity index (χ3v) is 3.90. The number of nitrogens with two attached hydrogens (primary N) is 1. The summed E-state index contributed by atoms with van der Waals surface area (Å²) in [5.41, 5.74) is 0. The lowest BCUT2D eigenvalue weighted by Crippen LogP contribution is -2.14. The number of nitriles is 1. The van der Waals surface area contributed by atoms with Crippen LogP contribution in [0.1, 0.15) is 13.3 Å². The van der Waals surface area contributed by atoms with Crippen LogP contribution in [-0.2, 0) is 10.0 Å². The molecule has 2 aromatic rings. The fourth-order valence-electron chi connectivity index (χ4n) is 1.95. The average molecular weight is 290 g/mol. The number of benzene rings is 2. The number of sulfonamides is 1. The molecule has 0 amide bonds. The molecule has 0 aliphatic heterocycles. The zero-order chi connectivity index (χ0) is 14.8. The van der Waals surface area contributed by atoms with Crippen molar-refractivity contribution >= 4 is 20.8 Å². The normalized spacial score (nSPS) is 12.8. The summed E-state index contributed by atoms with van der Waals surface area (Å²) in [7, 11) is -3.81. The first kappa shape index (κ1) is 14.3. The van der Waals surface area contributed by atoms with Crippen molar-refractivity contribution < 1.29 is 13.2 Å². The van der Waals surface area contributed by atoms with Crippen molar-refractivity contribution in [1.82, 2.24) is 0 Å². The Bertz CT molecular complexity index is 779. The quantitative estimate of drug-likeness (QED) is 0.933. The number of primary sulfonamides is 1. The Hall–Kier alpha value is -2.10.